The van der Waals surface area contributed by atoms with Crippen molar-refractivity contribution in [1.82, 2.24) is 20.4 Å². The fourth-order valence-corrected chi connectivity index (χ4v) is 3.85. The van der Waals surface area contributed by atoms with Gasteiger partial charge in [0.15, 0.2) is 0 Å². The summed E-state index contributed by atoms with van der Waals surface area (Å²) in [6, 6.07) is 5.89. The first-order chi connectivity index (χ1) is 12.6. The van der Waals surface area contributed by atoms with Gasteiger partial charge < -0.3 is 10.1 Å². The van der Waals surface area contributed by atoms with Crippen LogP contribution in [0.1, 0.15) is 37.3 Å². The first-order valence-corrected chi connectivity index (χ1v) is 9.25. The van der Waals surface area contributed by atoms with Crippen LogP contribution < -0.4 is 15.4 Å². The highest BCUT2D eigenvalue weighted by Gasteiger charge is 2.31. The summed E-state index contributed by atoms with van der Waals surface area (Å²) in [4.78, 5) is 23.6. The maximum atomic E-state index is 12.2. The summed E-state index contributed by atoms with van der Waals surface area (Å²) in [5, 5.41) is 11.3. The van der Waals surface area contributed by atoms with Gasteiger partial charge in [-0.2, -0.15) is 5.10 Å². The van der Waals surface area contributed by atoms with Crippen molar-refractivity contribution in [2.24, 2.45) is 13.0 Å². The van der Waals surface area contributed by atoms with Crippen molar-refractivity contribution in [2.45, 2.75) is 31.6 Å². The minimum absolute atomic E-state index is 0.209. The second kappa shape index (κ2) is 7.07. The predicted octanol–water partition coefficient (Wildman–Crippen LogP) is 1.47. The van der Waals surface area contributed by atoms with E-state index in [2.05, 4.69) is 15.7 Å². The third-order valence-corrected chi connectivity index (χ3v) is 5.31. The number of piperidine rings is 2. The highest BCUT2D eigenvalue weighted by Crippen LogP contribution is 2.32. The van der Waals surface area contributed by atoms with Crippen molar-refractivity contribution >= 4 is 22.7 Å². The number of nitrogens with one attached hydrogen (secondary N) is 2. The standard InChI is InChI=1S/C19H24N4O3/c1-23-16-9-13(26-11-12-3-2-8-20-10-12)4-5-14(16)18(22-23)15-6-7-17(24)21-19(15)25/h4-5,9,12,15,20H,2-3,6-8,10-11H2,1H3,(H,21,24,25)/t12-,15?/m0/s1. The summed E-state index contributed by atoms with van der Waals surface area (Å²) in [6.07, 6.45) is 3.25. The van der Waals surface area contributed by atoms with Gasteiger partial charge in [0, 0.05) is 37.4 Å². The van der Waals surface area contributed by atoms with Crippen LogP contribution in [0.2, 0.25) is 0 Å². The van der Waals surface area contributed by atoms with Crippen molar-refractivity contribution in [3.05, 3.63) is 23.9 Å². The Bertz CT molecular complexity index is 839. The van der Waals surface area contributed by atoms with Crippen molar-refractivity contribution in [3.8, 4) is 5.75 Å². The lowest BCUT2D eigenvalue weighted by Crippen LogP contribution is -2.39. The largest absolute Gasteiger partial charge is 0.493 e. The number of ether oxygens (including phenoxy) is 1. The first-order valence-electron chi connectivity index (χ1n) is 9.25. The number of imide groups is 1. The van der Waals surface area contributed by atoms with E-state index >= 15 is 0 Å². The van der Waals surface area contributed by atoms with Gasteiger partial charge in [-0.05, 0) is 37.9 Å². The van der Waals surface area contributed by atoms with E-state index < -0.39 is 0 Å². The number of rotatable bonds is 4. The summed E-state index contributed by atoms with van der Waals surface area (Å²) in [6.45, 7) is 2.81. The van der Waals surface area contributed by atoms with Crippen LogP contribution in [-0.2, 0) is 16.6 Å². The van der Waals surface area contributed by atoms with Crippen molar-refractivity contribution in [2.75, 3.05) is 19.7 Å². The van der Waals surface area contributed by atoms with E-state index in [0.29, 0.717) is 25.4 Å². The zero-order valence-electron chi connectivity index (χ0n) is 15.0. The average Bonchev–Trinajstić information content (AvgIpc) is 2.97. The Hall–Kier alpha value is -2.41. The molecule has 2 saturated heterocycles. The molecule has 1 aromatic carbocycles. The van der Waals surface area contributed by atoms with E-state index in [1.807, 2.05) is 25.2 Å². The zero-order chi connectivity index (χ0) is 18.1. The second-order valence-corrected chi connectivity index (χ2v) is 7.21. The lowest BCUT2D eigenvalue weighted by atomic mass is 9.93. The summed E-state index contributed by atoms with van der Waals surface area (Å²) in [7, 11) is 1.87. The molecular formula is C19H24N4O3. The molecule has 7 nitrogen and oxygen atoms in total. The SMILES string of the molecule is Cn1nc(C2CCC(=O)NC2=O)c2ccc(OC[C@H]3CCCNC3)cc21. The smallest absolute Gasteiger partial charge is 0.235 e. The van der Waals surface area contributed by atoms with E-state index in [0.717, 1.165) is 35.4 Å². The molecule has 138 valence electrons. The summed E-state index contributed by atoms with van der Waals surface area (Å²) < 4.78 is 7.77. The van der Waals surface area contributed by atoms with Gasteiger partial charge in [0.2, 0.25) is 11.8 Å². The lowest BCUT2D eigenvalue weighted by molar-refractivity contribution is -0.134. The molecule has 0 radical (unpaired) electrons. The Morgan fingerprint density at radius 2 is 2.19 bits per heavy atom. The molecule has 7 heteroatoms. The molecule has 0 spiro atoms. The van der Waals surface area contributed by atoms with Crippen LogP contribution in [0.25, 0.3) is 10.9 Å². The molecule has 2 atom stereocenters. The summed E-state index contributed by atoms with van der Waals surface area (Å²) in [5.74, 6) is 0.521. The molecule has 26 heavy (non-hydrogen) atoms. The molecule has 0 saturated carbocycles. The molecule has 2 N–H and O–H groups in total. The van der Waals surface area contributed by atoms with Crippen LogP contribution in [0.15, 0.2) is 18.2 Å². The molecule has 1 aromatic heterocycles. The third kappa shape index (κ3) is 3.31. The summed E-state index contributed by atoms with van der Waals surface area (Å²) >= 11 is 0. The molecule has 2 amide bonds. The normalized spacial score (nSPS) is 23.9. The number of amides is 2. The maximum absolute atomic E-state index is 12.2. The fourth-order valence-electron chi connectivity index (χ4n) is 3.85. The molecule has 0 aliphatic carbocycles. The van der Waals surface area contributed by atoms with Gasteiger partial charge in [-0.1, -0.05) is 0 Å². The Labute approximate surface area is 152 Å². The van der Waals surface area contributed by atoms with E-state index in [9.17, 15) is 9.59 Å². The van der Waals surface area contributed by atoms with Gasteiger partial charge in [0.25, 0.3) is 0 Å². The maximum Gasteiger partial charge on any atom is 0.235 e. The highest BCUT2D eigenvalue weighted by molar-refractivity contribution is 6.02. The molecule has 4 rings (SSSR count). The second-order valence-electron chi connectivity index (χ2n) is 7.21. The van der Waals surface area contributed by atoms with Crippen molar-refractivity contribution in [3.63, 3.8) is 0 Å². The van der Waals surface area contributed by atoms with Crippen molar-refractivity contribution in [1.29, 1.82) is 0 Å². The van der Waals surface area contributed by atoms with E-state index in [4.69, 9.17) is 4.74 Å². The van der Waals surface area contributed by atoms with E-state index in [1.54, 1.807) is 4.68 Å². The monoisotopic (exact) mass is 356 g/mol. The number of aryl methyl sites for hydroxylation is 1. The topological polar surface area (TPSA) is 85.2 Å². The van der Waals surface area contributed by atoms with Gasteiger partial charge in [0.1, 0.15) is 5.75 Å². The number of benzene rings is 1. The fraction of sp³-hybridized carbons (Fsp3) is 0.526. The van der Waals surface area contributed by atoms with E-state index in [-0.39, 0.29) is 17.7 Å². The van der Waals surface area contributed by atoms with Gasteiger partial charge in [-0.15, -0.1) is 0 Å². The van der Waals surface area contributed by atoms with Crippen LogP contribution in [0, 0.1) is 5.92 Å². The first kappa shape index (κ1) is 17.0. The van der Waals surface area contributed by atoms with Crippen LogP contribution in [0.3, 0.4) is 0 Å². The molecule has 2 fully saturated rings. The number of aromatic nitrogens is 2. The summed E-state index contributed by atoms with van der Waals surface area (Å²) in [5.41, 5.74) is 1.67. The highest BCUT2D eigenvalue weighted by atomic mass is 16.5. The minimum Gasteiger partial charge on any atom is -0.493 e. The Kier molecular flexibility index (Phi) is 4.63. The van der Waals surface area contributed by atoms with Gasteiger partial charge in [-0.3, -0.25) is 19.6 Å². The Balaban J connectivity index is 1.54. The molecule has 2 aromatic rings. The van der Waals surface area contributed by atoms with Crippen LogP contribution in [0.5, 0.6) is 5.75 Å². The number of fused-ring (bicyclic) bond motifs is 1. The minimum atomic E-state index is -0.378. The van der Waals surface area contributed by atoms with Gasteiger partial charge in [0.05, 0.1) is 23.7 Å². The molecule has 1 unspecified atom stereocenters. The zero-order valence-corrected chi connectivity index (χ0v) is 15.0. The molecular weight excluding hydrogens is 332 g/mol. The lowest BCUT2D eigenvalue weighted by Gasteiger charge is -2.22. The predicted molar refractivity (Wildman–Crippen MR) is 96.9 cm³/mol. The Morgan fingerprint density at radius 3 is 2.96 bits per heavy atom. The van der Waals surface area contributed by atoms with Crippen LogP contribution in [0.4, 0.5) is 0 Å². The Morgan fingerprint density at radius 1 is 1.31 bits per heavy atom. The number of hydrogen-bond donors (Lipinski definition) is 2. The molecule has 0 bridgehead atoms. The van der Waals surface area contributed by atoms with Crippen LogP contribution in [-0.4, -0.2) is 41.3 Å². The quantitative estimate of drug-likeness (QED) is 0.811. The average molecular weight is 356 g/mol. The molecule has 3 heterocycles. The van der Waals surface area contributed by atoms with Gasteiger partial charge >= 0.3 is 0 Å². The van der Waals surface area contributed by atoms with Crippen LogP contribution >= 0.6 is 0 Å². The van der Waals surface area contributed by atoms with Gasteiger partial charge in [-0.25, -0.2) is 0 Å². The number of hydrogen-bond acceptors (Lipinski definition) is 5. The molecule has 2 aliphatic rings. The third-order valence-electron chi connectivity index (χ3n) is 5.31. The number of carbonyl (C=O) groups excluding carboxylic acids is 2. The molecule has 2 aliphatic heterocycles. The number of carbonyl (C=O) groups is 2. The van der Waals surface area contributed by atoms with Crippen molar-refractivity contribution < 1.29 is 14.3 Å². The van der Waals surface area contributed by atoms with E-state index in [1.165, 1.54) is 12.8 Å². The number of nitrogens with zero attached hydrogens (tertiary/aromatic N) is 2.